The lowest BCUT2D eigenvalue weighted by Crippen LogP contribution is -2.41. The van der Waals surface area contributed by atoms with Gasteiger partial charge in [-0.05, 0) is 60.2 Å². The van der Waals surface area contributed by atoms with Gasteiger partial charge in [0.15, 0.2) is 5.78 Å². The molecule has 0 N–H and O–H groups in total. The van der Waals surface area contributed by atoms with Gasteiger partial charge in [0.1, 0.15) is 0 Å². The molecule has 2 amide bonds. The van der Waals surface area contributed by atoms with Gasteiger partial charge in [-0.3, -0.25) is 14.4 Å². The van der Waals surface area contributed by atoms with Crippen LogP contribution in [-0.4, -0.2) is 17.6 Å². The number of carbonyl (C=O) groups is 3. The highest BCUT2D eigenvalue weighted by Crippen LogP contribution is 2.74. The van der Waals surface area contributed by atoms with Gasteiger partial charge in [0.2, 0.25) is 11.8 Å². The summed E-state index contributed by atoms with van der Waals surface area (Å²) >= 11 is 6.38. The first-order valence-electron chi connectivity index (χ1n) is 12.3. The molecule has 180 valence electrons. The summed E-state index contributed by atoms with van der Waals surface area (Å²) in [5.74, 6) is -2.18. The number of rotatable bonds is 4. The monoisotopic (exact) mass is 495 g/mol. The molecule has 0 spiro atoms. The van der Waals surface area contributed by atoms with E-state index in [4.69, 9.17) is 11.6 Å². The topological polar surface area (TPSA) is 54.5 Å². The van der Waals surface area contributed by atoms with Gasteiger partial charge < -0.3 is 0 Å². The molecule has 1 saturated heterocycles. The fourth-order valence-corrected chi connectivity index (χ4v) is 7.28. The molecule has 3 aromatic carbocycles. The van der Waals surface area contributed by atoms with Crippen molar-refractivity contribution in [3.63, 3.8) is 0 Å². The second-order valence-corrected chi connectivity index (χ2v) is 10.6. The Morgan fingerprint density at radius 3 is 1.92 bits per heavy atom. The highest BCUT2D eigenvalue weighted by Gasteiger charge is 2.79. The molecule has 6 rings (SSSR count). The number of halogens is 1. The quantitative estimate of drug-likeness (QED) is 0.395. The summed E-state index contributed by atoms with van der Waals surface area (Å²) in [5, 5.41) is 0.494. The largest absolute Gasteiger partial charge is 0.298 e. The Kier molecular flexibility index (Phi) is 4.94. The predicted molar refractivity (Wildman–Crippen MR) is 141 cm³/mol. The highest BCUT2D eigenvalue weighted by atomic mass is 35.5. The average Bonchev–Trinajstić information content (AvgIpc) is 3.36. The number of Topliss-reactive ketones (excluding diaryl/α,β-unsaturated/α-hetero) is 1. The summed E-state index contributed by atoms with van der Waals surface area (Å²) in [7, 11) is 0. The first-order chi connectivity index (χ1) is 17.3. The smallest absolute Gasteiger partial charge is 0.239 e. The number of hydrogen-bond acceptors (Lipinski definition) is 3. The van der Waals surface area contributed by atoms with Gasteiger partial charge in [-0.25, -0.2) is 4.90 Å². The molecule has 1 saturated carbocycles. The van der Waals surface area contributed by atoms with E-state index >= 15 is 0 Å². The summed E-state index contributed by atoms with van der Waals surface area (Å²) in [6, 6.07) is 24.9. The van der Waals surface area contributed by atoms with E-state index < -0.39 is 22.7 Å². The molecule has 2 aliphatic carbocycles. The Hall–Kier alpha value is -3.50. The molecule has 2 bridgehead atoms. The van der Waals surface area contributed by atoms with Crippen molar-refractivity contribution in [1.82, 2.24) is 0 Å². The fourth-order valence-electron chi connectivity index (χ4n) is 7.10. The average molecular weight is 496 g/mol. The van der Waals surface area contributed by atoms with Crippen LogP contribution in [0.5, 0.6) is 0 Å². The number of carbonyl (C=O) groups excluding carboxylic acids is 3. The van der Waals surface area contributed by atoms with Crippen LogP contribution in [0.15, 0.2) is 78.9 Å². The van der Waals surface area contributed by atoms with Gasteiger partial charge in [-0.15, -0.1) is 0 Å². The highest BCUT2D eigenvalue weighted by molar-refractivity contribution is 6.35. The van der Waals surface area contributed by atoms with E-state index in [1.165, 1.54) is 4.90 Å². The molecule has 1 aliphatic heterocycles. The molecule has 36 heavy (non-hydrogen) atoms. The van der Waals surface area contributed by atoms with Crippen molar-refractivity contribution in [1.29, 1.82) is 0 Å². The molecule has 3 aliphatic rings. The van der Waals surface area contributed by atoms with Crippen LogP contribution in [0.4, 0.5) is 5.69 Å². The number of aryl methyl sites for hydroxylation is 1. The third-order valence-electron chi connectivity index (χ3n) is 8.65. The molecule has 5 heteroatoms. The Bertz CT molecular complexity index is 1480. The number of imide groups is 1. The van der Waals surface area contributed by atoms with Crippen molar-refractivity contribution in [3.8, 4) is 0 Å². The Balaban J connectivity index is 1.64. The predicted octanol–water partition coefficient (Wildman–Crippen LogP) is 6.36. The lowest BCUT2D eigenvalue weighted by Gasteiger charge is -2.37. The molecule has 0 radical (unpaired) electrons. The van der Waals surface area contributed by atoms with E-state index in [1.807, 2.05) is 87.5 Å². The summed E-state index contributed by atoms with van der Waals surface area (Å²) in [4.78, 5) is 44.0. The maximum atomic E-state index is 14.5. The number of allylic oxidation sites excluding steroid dienone is 2. The number of anilines is 1. The van der Waals surface area contributed by atoms with Gasteiger partial charge in [0, 0.05) is 5.02 Å². The van der Waals surface area contributed by atoms with Crippen molar-refractivity contribution in [3.05, 3.63) is 101 Å². The van der Waals surface area contributed by atoms with E-state index in [-0.39, 0.29) is 17.6 Å². The van der Waals surface area contributed by atoms with E-state index in [9.17, 15) is 14.4 Å². The normalized spacial score (nSPS) is 28.9. The Labute approximate surface area is 215 Å². The maximum absolute atomic E-state index is 14.5. The number of hydrogen-bond donors (Lipinski definition) is 0. The number of benzene rings is 3. The molecular formula is C31H26ClNO3. The van der Waals surface area contributed by atoms with E-state index in [2.05, 4.69) is 0 Å². The van der Waals surface area contributed by atoms with E-state index in [0.717, 1.165) is 27.8 Å². The van der Waals surface area contributed by atoms with Crippen LogP contribution < -0.4 is 4.90 Å². The zero-order valence-corrected chi connectivity index (χ0v) is 21.2. The zero-order chi connectivity index (χ0) is 25.4. The van der Waals surface area contributed by atoms with Crippen molar-refractivity contribution >= 4 is 46.0 Å². The molecule has 3 aromatic rings. The summed E-state index contributed by atoms with van der Waals surface area (Å²) in [6.45, 7) is 5.71. The number of amides is 2. The molecule has 4 nitrogen and oxygen atoms in total. The minimum Gasteiger partial charge on any atom is -0.298 e. The number of ketones is 1. The molecule has 0 unspecified atom stereocenters. The third-order valence-corrected chi connectivity index (χ3v) is 9.05. The van der Waals surface area contributed by atoms with Gasteiger partial charge in [0.05, 0.1) is 28.4 Å². The molecule has 4 atom stereocenters. The third kappa shape index (κ3) is 2.63. The molecule has 2 fully saturated rings. The van der Waals surface area contributed by atoms with Crippen molar-refractivity contribution < 1.29 is 14.4 Å². The number of nitrogens with zero attached hydrogens (tertiary/aromatic N) is 1. The first kappa shape index (κ1) is 22.9. The second-order valence-electron chi connectivity index (χ2n) is 10.2. The second kappa shape index (κ2) is 7.75. The van der Waals surface area contributed by atoms with Gasteiger partial charge >= 0.3 is 0 Å². The SMILES string of the molecule is CC[C@@]12C(=O)[C@@](C)(C(c3ccccc3)=C1c1ccccc1)[C@@H]1C(=O)N(c3ccc(C)c(Cl)c3)C(=O)[C@H]12. The van der Waals surface area contributed by atoms with Gasteiger partial charge in [-0.2, -0.15) is 0 Å². The van der Waals surface area contributed by atoms with Crippen LogP contribution in [0.1, 0.15) is 37.0 Å². The van der Waals surface area contributed by atoms with Crippen molar-refractivity contribution in [2.45, 2.75) is 27.2 Å². The van der Waals surface area contributed by atoms with Crippen LogP contribution in [0, 0.1) is 29.6 Å². The lowest BCUT2D eigenvalue weighted by molar-refractivity contribution is -0.134. The van der Waals surface area contributed by atoms with E-state index in [0.29, 0.717) is 17.1 Å². The fraction of sp³-hybridized carbons (Fsp3) is 0.258. The maximum Gasteiger partial charge on any atom is 0.239 e. The van der Waals surface area contributed by atoms with Crippen LogP contribution in [0.25, 0.3) is 11.1 Å². The standard InChI is InChI=1S/C31H26ClNO3/c1-4-31-24(20-13-9-6-10-14-20)23(19-11-7-5-8-12-19)30(3,29(31)36)25-26(31)28(35)33(27(25)34)21-16-15-18(2)22(32)17-21/h5-17,25-26H,4H2,1-3H3/t25-,26-,30-,31+/m0/s1. The number of fused-ring (bicyclic) bond motifs is 5. The first-order valence-corrected chi connectivity index (χ1v) is 12.7. The van der Waals surface area contributed by atoms with Crippen LogP contribution in [0.3, 0.4) is 0 Å². The minimum absolute atomic E-state index is 0.0199. The van der Waals surface area contributed by atoms with E-state index in [1.54, 1.807) is 12.1 Å². The Morgan fingerprint density at radius 2 is 1.36 bits per heavy atom. The van der Waals surface area contributed by atoms with Crippen LogP contribution in [-0.2, 0) is 14.4 Å². The van der Waals surface area contributed by atoms with Crippen LogP contribution in [0.2, 0.25) is 5.02 Å². The van der Waals surface area contributed by atoms with Crippen LogP contribution >= 0.6 is 11.6 Å². The van der Waals surface area contributed by atoms with Crippen molar-refractivity contribution in [2.75, 3.05) is 4.90 Å². The zero-order valence-electron chi connectivity index (χ0n) is 20.4. The van der Waals surface area contributed by atoms with Gasteiger partial charge in [-0.1, -0.05) is 85.3 Å². The summed E-state index contributed by atoms with van der Waals surface area (Å²) < 4.78 is 0. The van der Waals surface area contributed by atoms with Crippen molar-refractivity contribution in [2.24, 2.45) is 22.7 Å². The summed E-state index contributed by atoms with van der Waals surface area (Å²) in [6.07, 6.45) is 0.435. The lowest BCUT2D eigenvalue weighted by atomic mass is 9.62. The minimum atomic E-state index is -1.12. The molecule has 1 heterocycles. The Morgan fingerprint density at radius 1 is 0.806 bits per heavy atom. The molecule has 0 aromatic heterocycles. The molecular weight excluding hydrogens is 470 g/mol. The summed E-state index contributed by atoms with van der Waals surface area (Å²) in [5.41, 5.74) is 2.71. The van der Waals surface area contributed by atoms with Gasteiger partial charge in [0.25, 0.3) is 0 Å².